The van der Waals surface area contributed by atoms with Gasteiger partial charge >= 0.3 is 0 Å². The largest absolute Gasteiger partial charge is 0.384 e. The van der Waals surface area contributed by atoms with Crippen molar-refractivity contribution in [2.24, 2.45) is 0 Å². The molecule has 0 radical (unpaired) electrons. The van der Waals surface area contributed by atoms with Crippen molar-refractivity contribution in [3.05, 3.63) is 57.8 Å². The summed E-state index contributed by atoms with van der Waals surface area (Å²) >= 11 is 1.60. The third-order valence-corrected chi connectivity index (χ3v) is 3.45. The number of aliphatic hydroxyl groups excluding tert-OH is 1. The first-order chi connectivity index (χ1) is 8.31. The van der Waals surface area contributed by atoms with Gasteiger partial charge < -0.3 is 9.84 Å². The minimum Gasteiger partial charge on any atom is -0.384 e. The van der Waals surface area contributed by atoms with E-state index in [9.17, 15) is 5.11 Å². The van der Waals surface area contributed by atoms with E-state index in [1.807, 2.05) is 41.1 Å². The van der Waals surface area contributed by atoms with Gasteiger partial charge in [0.05, 0.1) is 6.61 Å². The molecule has 0 spiro atoms. The normalized spacial score (nSPS) is 12.6. The maximum absolute atomic E-state index is 10.1. The Morgan fingerprint density at radius 3 is 2.53 bits per heavy atom. The van der Waals surface area contributed by atoms with Crippen LogP contribution < -0.4 is 0 Å². The molecule has 0 saturated carbocycles. The highest BCUT2D eigenvalue weighted by Crippen LogP contribution is 2.23. The van der Waals surface area contributed by atoms with E-state index < -0.39 is 6.10 Å². The maximum atomic E-state index is 10.1. The number of methoxy groups -OCH3 is 1. The molecule has 0 saturated heterocycles. The van der Waals surface area contributed by atoms with Crippen LogP contribution in [0.4, 0.5) is 0 Å². The minimum atomic E-state index is -0.516. The fourth-order valence-corrected chi connectivity index (χ4v) is 2.39. The Labute approximate surface area is 105 Å². The Bertz CT molecular complexity index is 434. The zero-order valence-corrected chi connectivity index (χ0v) is 10.6. The van der Waals surface area contributed by atoms with Crippen molar-refractivity contribution in [2.45, 2.75) is 12.5 Å². The lowest BCUT2D eigenvalue weighted by Crippen LogP contribution is -1.99. The molecule has 2 aromatic rings. The highest BCUT2D eigenvalue weighted by molar-refractivity contribution is 7.07. The number of rotatable bonds is 5. The van der Waals surface area contributed by atoms with Gasteiger partial charge in [0.2, 0.25) is 0 Å². The van der Waals surface area contributed by atoms with Gasteiger partial charge in [-0.3, -0.25) is 0 Å². The molecule has 0 aliphatic heterocycles. The molecule has 0 bridgehead atoms. The maximum Gasteiger partial charge on any atom is 0.105 e. The first-order valence-electron chi connectivity index (χ1n) is 5.59. The van der Waals surface area contributed by atoms with Gasteiger partial charge in [-0.25, -0.2) is 0 Å². The van der Waals surface area contributed by atoms with Crippen LogP contribution in [-0.4, -0.2) is 18.8 Å². The standard InChI is InChI=1S/C14H16O2S/c1-16-8-6-11-2-4-12(5-3-11)14(15)13-7-9-17-10-13/h2-5,7,9-10,14-15H,6,8H2,1H3. The Kier molecular flexibility index (Phi) is 4.31. The molecule has 0 amide bonds. The Morgan fingerprint density at radius 2 is 1.94 bits per heavy atom. The van der Waals surface area contributed by atoms with Gasteiger partial charge in [-0.15, -0.1) is 0 Å². The van der Waals surface area contributed by atoms with Crippen molar-refractivity contribution < 1.29 is 9.84 Å². The third kappa shape index (κ3) is 3.16. The van der Waals surface area contributed by atoms with Crippen molar-refractivity contribution in [2.75, 3.05) is 13.7 Å². The highest BCUT2D eigenvalue weighted by Gasteiger charge is 2.10. The lowest BCUT2D eigenvalue weighted by Gasteiger charge is -2.10. The lowest BCUT2D eigenvalue weighted by molar-refractivity contribution is 0.202. The van der Waals surface area contributed by atoms with E-state index in [4.69, 9.17) is 4.74 Å². The number of hydrogen-bond acceptors (Lipinski definition) is 3. The summed E-state index contributed by atoms with van der Waals surface area (Å²) in [5, 5.41) is 14.1. The summed E-state index contributed by atoms with van der Waals surface area (Å²) in [6.07, 6.45) is 0.392. The van der Waals surface area contributed by atoms with Gasteiger partial charge in [0, 0.05) is 7.11 Å². The minimum absolute atomic E-state index is 0.516. The summed E-state index contributed by atoms with van der Waals surface area (Å²) in [7, 11) is 1.70. The molecule has 17 heavy (non-hydrogen) atoms. The van der Waals surface area contributed by atoms with Crippen molar-refractivity contribution in [1.29, 1.82) is 0 Å². The highest BCUT2D eigenvalue weighted by atomic mass is 32.1. The van der Waals surface area contributed by atoms with Crippen LogP contribution in [-0.2, 0) is 11.2 Å². The number of hydrogen-bond donors (Lipinski definition) is 1. The summed E-state index contributed by atoms with van der Waals surface area (Å²) in [4.78, 5) is 0. The van der Waals surface area contributed by atoms with Gasteiger partial charge in [0.15, 0.2) is 0 Å². The zero-order chi connectivity index (χ0) is 12.1. The van der Waals surface area contributed by atoms with Crippen LogP contribution in [0.3, 0.4) is 0 Å². The van der Waals surface area contributed by atoms with E-state index in [1.54, 1.807) is 18.4 Å². The van der Waals surface area contributed by atoms with Crippen LogP contribution in [0, 0.1) is 0 Å². The fourth-order valence-electron chi connectivity index (χ4n) is 1.71. The van der Waals surface area contributed by atoms with E-state index in [1.165, 1.54) is 5.56 Å². The lowest BCUT2D eigenvalue weighted by atomic mass is 10.0. The third-order valence-electron chi connectivity index (χ3n) is 2.75. The van der Waals surface area contributed by atoms with E-state index >= 15 is 0 Å². The molecule has 1 unspecified atom stereocenters. The van der Waals surface area contributed by atoms with E-state index in [2.05, 4.69) is 0 Å². The van der Waals surface area contributed by atoms with E-state index in [0.29, 0.717) is 0 Å². The average molecular weight is 248 g/mol. The predicted octanol–water partition coefficient (Wildman–Crippen LogP) is 3.02. The number of thiophene rings is 1. The Hall–Kier alpha value is -1.16. The molecule has 1 atom stereocenters. The van der Waals surface area contributed by atoms with E-state index in [0.717, 1.165) is 24.2 Å². The van der Waals surface area contributed by atoms with Gasteiger partial charge in [-0.1, -0.05) is 24.3 Å². The molecule has 1 aromatic heterocycles. The van der Waals surface area contributed by atoms with Crippen molar-refractivity contribution >= 4 is 11.3 Å². The molecule has 1 heterocycles. The molecule has 1 aromatic carbocycles. The second-order valence-corrected chi connectivity index (χ2v) is 4.72. The first kappa shape index (κ1) is 12.3. The molecule has 90 valence electrons. The van der Waals surface area contributed by atoms with Gasteiger partial charge in [-0.2, -0.15) is 11.3 Å². The second kappa shape index (κ2) is 5.96. The molecule has 3 heteroatoms. The van der Waals surface area contributed by atoms with Crippen LogP contribution in [0.25, 0.3) is 0 Å². The van der Waals surface area contributed by atoms with Crippen LogP contribution in [0.1, 0.15) is 22.8 Å². The van der Waals surface area contributed by atoms with Crippen LogP contribution in [0.2, 0.25) is 0 Å². The van der Waals surface area contributed by atoms with E-state index in [-0.39, 0.29) is 0 Å². The van der Waals surface area contributed by atoms with Gasteiger partial charge in [-0.05, 0) is 39.9 Å². The van der Waals surface area contributed by atoms with Crippen LogP contribution in [0.15, 0.2) is 41.1 Å². The quantitative estimate of drug-likeness (QED) is 0.881. The topological polar surface area (TPSA) is 29.5 Å². The fraction of sp³-hybridized carbons (Fsp3) is 0.286. The monoisotopic (exact) mass is 248 g/mol. The molecule has 2 nitrogen and oxygen atoms in total. The summed E-state index contributed by atoms with van der Waals surface area (Å²) in [5.74, 6) is 0. The molecular weight excluding hydrogens is 232 g/mol. The van der Waals surface area contributed by atoms with Crippen molar-refractivity contribution in [3.63, 3.8) is 0 Å². The van der Waals surface area contributed by atoms with Crippen molar-refractivity contribution in [1.82, 2.24) is 0 Å². The second-order valence-electron chi connectivity index (χ2n) is 3.94. The molecule has 2 rings (SSSR count). The molecular formula is C14H16O2S. The molecule has 0 fully saturated rings. The molecule has 1 N–H and O–H groups in total. The molecule has 0 aliphatic carbocycles. The number of benzene rings is 1. The zero-order valence-electron chi connectivity index (χ0n) is 9.80. The molecule has 0 aliphatic rings. The summed E-state index contributed by atoms with van der Waals surface area (Å²) in [6.45, 7) is 0.729. The first-order valence-corrected chi connectivity index (χ1v) is 6.53. The number of aliphatic hydroxyl groups is 1. The average Bonchev–Trinajstić information content (AvgIpc) is 2.90. The number of ether oxygens (including phenoxy) is 1. The Balaban J connectivity index is 2.07. The van der Waals surface area contributed by atoms with Crippen molar-refractivity contribution in [3.8, 4) is 0 Å². The smallest absolute Gasteiger partial charge is 0.105 e. The van der Waals surface area contributed by atoms with Gasteiger partial charge in [0.25, 0.3) is 0 Å². The SMILES string of the molecule is COCCc1ccc(C(O)c2ccsc2)cc1. The van der Waals surface area contributed by atoms with Gasteiger partial charge in [0.1, 0.15) is 6.10 Å². The van der Waals surface area contributed by atoms with Crippen LogP contribution in [0.5, 0.6) is 0 Å². The summed E-state index contributed by atoms with van der Waals surface area (Å²) in [6, 6.07) is 10.0. The Morgan fingerprint density at radius 1 is 1.18 bits per heavy atom. The summed E-state index contributed by atoms with van der Waals surface area (Å²) in [5.41, 5.74) is 3.12. The summed E-state index contributed by atoms with van der Waals surface area (Å²) < 4.78 is 5.03. The predicted molar refractivity (Wildman–Crippen MR) is 70.4 cm³/mol. The van der Waals surface area contributed by atoms with Crippen LogP contribution >= 0.6 is 11.3 Å².